The van der Waals surface area contributed by atoms with Crippen LogP contribution in [0, 0.1) is 5.41 Å². The Morgan fingerprint density at radius 1 is 1.36 bits per heavy atom. The van der Waals surface area contributed by atoms with E-state index in [2.05, 4.69) is 6.58 Å². The SMILES string of the molecule is C=CC(=N)ON1CCCCC1. The fourth-order valence-corrected chi connectivity index (χ4v) is 1.13. The lowest BCUT2D eigenvalue weighted by Crippen LogP contribution is -2.31. The van der Waals surface area contributed by atoms with E-state index in [9.17, 15) is 0 Å². The molecule has 0 radical (unpaired) electrons. The predicted molar refractivity (Wildman–Crippen MR) is 44.4 cm³/mol. The van der Waals surface area contributed by atoms with Gasteiger partial charge in [-0.15, -0.1) is 5.06 Å². The van der Waals surface area contributed by atoms with Gasteiger partial charge in [0.1, 0.15) is 0 Å². The first-order valence-electron chi connectivity index (χ1n) is 3.97. The highest BCUT2D eigenvalue weighted by Crippen LogP contribution is 2.08. The summed E-state index contributed by atoms with van der Waals surface area (Å²) in [7, 11) is 0. The van der Waals surface area contributed by atoms with Crippen LogP contribution in [0.25, 0.3) is 0 Å². The van der Waals surface area contributed by atoms with E-state index >= 15 is 0 Å². The van der Waals surface area contributed by atoms with Gasteiger partial charge in [0.25, 0.3) is 0 Å². The van der Waals surface area contributed by atoms with Gasteiger partial charge in [0.2, 0.25) is 5.90 Å². The molecule has 3 heteroatoms. The molecule has 0 saturated carbocycles. The van der Waals surface area contributed by atoms with E-state index in [-0.39, 0.29) is 5.90 Å². The lowest BCUT2D eigenvalue weighted by molar-refractivity contribution is -0.0855. The number of rotatable bonds is 2. The Kier molecular flexibility index (Phi) is 3.11. The summed E-state index contributed by atoms with van der Waals surface area (Å²) in [6, 6.07) is 0. The molecule has 1 fully saturated rings. The molecule has 1 N–H and O–H groups in total. The second-order valence-electron chi connectivity index (χ2n) is 2.65. The molecule has 1 saturated heterocycles. The van der Waals surface area contributed by atoms with E-state index in [0.717, 1.165) is 13.1 Å². The molecule has 0 aromatic carbocycles. The molecule has 0 atom stereocenters. The first-order chi connectivity index (χ1) is 5.33. The Hall–Kier alpha value is -0.830. The van der Waals surface area contributed by atoms with Crippen LogP contribution in [0.3, 0.4) is 0 Å². The van der Waals surface area contributed by atoms with Crippen LogP contribution in [0.4, 0.5) is 0 Å². The molecule has 1 rings (SSSR count). The molecule has 0 aliphatic carbocycles. The summed E-state index contributed by atoms with van der Waals surface area (Å²) in [6.07, 6.45) is 5.03. The van der Waals surface area contributed by atoms with E-state index in [1.807, 2.05) is 5.06 Å². The maximum Gasteiger partial charge on any atom is 0.230 e. The second kappa shape index (κ2) is 4.13. The van der Waals surface area contributed by atoms with Crippen LogP contribution >= 0.6 is 0 Å². The van der Waals surface area contributed by atoms with Gasteiger partial charge in [0.05, 0.1) is 0 Å². The number of hydrogen-bond acceptors (Lipinski definition) is 3. The van der Waals surface area contributed by atoms with E-state index in [1.165, 1.54) is 25.3 Å². The molecular weight excluding hydrogens is 140 g/mol. The summed E-state index contributed by atoms with van der Waals surface area (Å²) in [5.74, 6) is 0.145. The predicted octanol–water partition coefficient (Wildman–Crippen LogP) is 1.57. The van der Waals surface area contributed by atoms with Crippen molar-refractivity contribution in [2.75, 3.05) is 13.1 Å². The fraction of sp³-hybridized carbons (Fsp3) is 0.625. The van der Waals surface area contributed by atoms with Crippen LogP contribution < -0.4 is 0 Å². The highest BCUT2D eigenvalue weighted by Gasteiger charge is 2.11. The summed E-state index contributed by atoms with van der Waals surface area (Å²) in [5, 5.41) is 9.02. The summed E-state index contributed by atoms with van der Waals surface area (Å²) < 4.78 is 0. The van der Waals surface area contributed by atoms with E-state index in [0.29, 0.717) is 0 Å². The standard InChI is InChI=1S/C8H14N2O/c1-2-8(9)11-10-6-4-3-5-7-10/h2,9H,1,3-7H2. The van der Waals surface area contributed by atoms with Crippen LogP contribution in [0.15, 0.2) is 12.7 Å². The highest BCUT2D eigenvalue weighted by molar-refractivity contribution is 5.83. The Bertz CT molecular complexity index is 150. The number of nitrogens with one attached hydrogen (secondary N) is 1. The molecular formula is C8H14N2O. The molecule has 0 aromatic heterocycles. The molecule has 62 valence electrons. The van der Waals surface area contributed by atoms with Gasteiger partial charge in [-0.05, 0) is 18.9 Å². The van der Waals surface area contributed by atoms with E-state index < -0.39 is 0 Å². The maximum atomic E-state index is 7.19. The highest BCUT2D eigenvalue weighted by atomic mass is 16.7. The zero-order valence-corrected chi connectivity index (χ0v) is 6.68. The third-order valence-electron chi connectivity index (χ3n) is 1.73. The van der Waals surface area contributed by atoms with Crippen molar-refractivity contribution in [2.45, 2.75) is 19.3 Å². The zero-order chi connectivity index (χ0) is 8.10. The molecule has 1 aliphatic heterocycles. The van der Waals surface area contributed by atoms with Crippen molar-refractivity contribution in [3.63, 3.8) is 0 Å². The second-order valence-corrected chi connectivity index (χ2v) is 2.65. The van der Waals surface area contributed by atoms with E-state index in [4.69, 9.17) is 10.2 Å². The van der Waals surface area contributed by atoms with Gasteiger partial charge in [-0.3, -0.25) is 5.41 Å². The smallest absolute Gasteiger partial charge is 0.230 e. The molecule has 0 spiro atoms. The quantitative estimate of drug-likeness (QED) is 0.484. The van der Waals surface area contributed by atoms with Crippen molar-refractivity contribution >= 4 is 5.90 Å². The van der Waals surface area contributed by atoms with Crippen LogP contribution in [0.2, 0.25) is 0 Å². The summed E-state index contributed by atoms with van der Waals surface area (Å²) in [6.45, 7) is 5.33. The minimum absolute atomic E-state index is 0.145. The zero-order valence-electron chi connectivity index (χ0n) is 6.68. The lowest BCUT2D eigenvalue weighted by atomic mass is 10.2. The van der Waals surface area contributed by atoms with Crippen LogP contribution in [-0.4, -0.2) is 24.1 Å². The normalized spacial score (nSPS) is 19.3. The molecule has 3 nitrogen and oxygen atoms in total. The summed E-state index contributed by atoms with van der Waals surface area (Å²) in [4.78, 5) is 5.14. The van der Waals surface area contributed by atoms with Crippen LogP contribution in [-0.2, 0) is 4.84 Å². The summed E-state index contributed by atoms with van der Waals surface area (Å²) in [5.41, 5.74) is 0. The Labute approximate surface area is 67.1 Å². The maximum absolute atomic E-state index is 7.19. The minimum Gasteiger partial charge on any atom is -0.386 e. The molecule has 0 unspecified atom stereocenters. The van der Waals surface area contributed by atoms with Gasteiger partial charge in [0.15, 0.2) is 0 Å². The van der Waals surface area contributed by atoms with E-state index in [1.54, 1.807) is 0 Å². The third-order valence-corrected chi connectivity index (χ3v) is 1.73. The molecule has 0 aromatic rings. The minimum atomic E-state index is 0.145. The average molecular weight is 154 g/mol. The molecule has 0 bridgehead atoms. The van der Waals surface area contributed by atoms with Crippen molar-refractivity contribution in [1.82, 2.24) is 5.06 Å². The molecule has 1 aliphatic rings. The van der Waals surface area contributed by atoms with Gasteiger partial charge in [0, 0.05) is 13.1 Å². The van der Waals surface area contributed by atoms with Gasteiger partial charge in [-0.2, -0.15) is 0 Å². The van der Waals surface area contributed by atoms with Crippen molar-refractivity contribution in [1.29, 1.82) is 5.41 Å². The van der Waals surface area contributed by atoms with Crippen LogP contribution in [0.1, 0.15) is 19.3 Å². The largest absolute Gasteiger partial charge is 0.386 e. The fourth-order valence-electron chi connectivity index (χ4n) is 1.13. The third kappa shape index (κ3) is 2.72. The number of nitrogens with zero attached hydrogens (tertiary/aromatic N) is 1. The van der Waals surface area contributed by atoms with Crippen LogP contribution in [0.5, 0.6) is 0 Å². The average Bonchev–Trinajstić information content (AvgIpc) is 2.06. The molecule has 11 heavy (non-hydrogen) atoms. The number of hydroxylamine groups is 2. The number of hydrogen-bond donors (Lipinski definition) is 1. The topological polar surface area (TPSA) is 36.3 Å². The van der Waals surface area contributed by atoms with Crippen molar-refractivity contribution in [3.8, 4) is 0 Å². The first kappa shape index (κ1) is 8.27. The van der Waals surface area contributed by atoms with Gasteiger partial charge >= 0.3 is 0 Å². The molecule has 0 amide bonds. The van der Waals surface area contributed by atoms with Gasteiger partial charge < -0.3 is 4.84 Å². The lowest BCUT2D eigenvalue weighted by Gasteiger charge is -2.25. The number of piperidine rings is 1. The first-order valence-corrected chi connectivity index (χ1v) is 3.97. The van der Waals surface area contributed by atoms with Gasteiger partial charge in [-0.25, -0.2) is 0 Å². The molecule has 1 heterocycles. The van der Waals surface area contributed by atoms with Crippen molar-refractivity contribution in [3.05, 3.63) is 12.7 Å². The Morgan fingerprint density at radius 3 is 2.55 bits per heavy atom. The Morgan fingerprint density at radius 2 is 2.00 bits per heavy atom. The summed E-state index contributed by atoms with van der Waals surface area (Å²) >= 11 is 0. The van der Waals surface area contributed by atoms with Crippen molar-refractivity contribution < 1.29 is 4.84 Å². The van der Waals surface area contributed by atoms with Crippen molar-refractivity contribution in [2.24, 2.45) is 0 Å². The van der Waals surface area contributed by atoms with Gasteiger partial charge in [-0.1, -0.05) is 13.0 Å². The monoisotopic (exact) mass is 154 g/mol. The Balaban J connectivity index is 2.24.